The third-order valence-electron chi connectivity index (χ3n) is 5.75. The van der Waals surface area contributed by atoms with E-state index in [2.05, 4.69) is 51.9 Å². The van der Waals surface area contributed by atoms with Crippen molar-refractivity contribution in [3.8, 4) is 0 Å². The first-order chi connectivity index (χ1) is 15.6. The van der Waals surface area contributed by atoms with Gasteiger partial charge in [-0.15, -0.1) is 0 Å². The molecule has 1 aliphatic rings. The molecule has 0 fully saturated rings. The van der Waals surface area contributed by atoms with E-state index in [1.807, 2.05) is 68.7 Å². The van der Waals surface area contributed by atoms with Crippen molar-refractivity contribution in [1.29, 1.82) is 0 Å². The molecule has 2 N–H and O–H groups in total. The van der Waals surface area contributed by atoms with E-state index in [9.17, 15) is 4.79 Å². The molecule has 158 valence electrons. The number of benzene rings is 3. The first-order valence-corrected chi connectivity index (χ1v) is 10.6. The zero-order chi connectivity index (χ0) is 22.1. The number of aromatic nitrogens is 1. The maximum absolute atomic E-state index is 12.7. The molecule has 3 aromatic carbocycles. The van der Waals surface area contributed by atoms with Crippen LogP contribution in [-0.2, 0) is 0 Å². The number of nitrogens with one attached hydrogen (secondary N) is 2. The van der Waals surface area contributed by atoms with Crippen LogP contribution in [0.15, 0.2) is 91.0 Å². The van der Waals surface area contributed by atoms with Crippen LogP contribution >= 0.6 is 0 Å². The number of carbonyl (C=O) groups excluding carboxylic acids is 1. The third kappa shape index (κ3) is 3.69. The minimum absolute atomic E-state index is 0.227. The van der Waals surface area contributed by atoms with E-state index in [1.54, 1.807) is 0 Å². The quantitative estimate of drug-likeness (QED) is 0.476. The second kappa shape index (κ2) is 8.19. The molecule has 0 saturated heterocycles. The van der Waals surface area contributed by atoms with Crippen LogP contribution < -0.4 is 15.5 Å². The van der Waals surface area contributed by atoms with E-state index in [0.717, 1.165) is 44.7 Å². The normalized spacial score (nSPS) is 15.9. The first-order valence-electron chi connectivity index (χ1n) is 10.6. The molecule has 0 aliphatic carbocycles. The molecule has 0 bridgehead atoms. The van der Waals surface area contributed by atoms with Crippen LogP contribution in [0.2, 0.25) is 0 Å². The molecule has 0 unspecified atom stereocenters. The van der Waals surface area contributed by atoms with Crippen molar-refractivity contribution < 1.29 is 4.79 Å². The number of rotatable bonds is 4. The molecule has 2 amide bonds. The molecule has 5 nitrogen and oxygen atoms in total. The van der Waals surface area contributed by atoms with Gasteiger partial charge < -0.3 is 15.5 Å². The van der Waals surface area contributed by atoms with Gasteiger partial charge in [0, 0.05) is 30.7 Å². The lowest BCUT2D eigenvalue weighted by atomic mass is 9.90. The molecular weight excluding hydrogens is 396 g/mol. The van der Waals surface area contributed by atoms with Gasteiger partial charge in [0.15, 0.2) is 0 Å². The molecule has 0 radical (unpaired) electrons. The van der Waals surface area contributed by atoms with E-state index in [0.29, 0.717) is 0 Å². The highest BCUT2D eigenvalue weighted by Gasteiger charge is 2.31. The maximum atomic E-state index is 12.7. The zero-order valence-electron chi connectivity index (χ0n) is 18.0. The number of amides is 2. The van der Waals surface area contributed by atoms with Gasteiger partial charge in [0.1, 0.15) is 0 Å². The van der Waals surface area contributed by atoms with Crippen molar-refractivity contribution in [2.24, 2.45) is 0 Å². The van der Waals surface area contributed by atoms with E-state index in [4.69, 9.17) is 4.98 Å². The fraction of sp³-hybridized carbons (Fsp3) is 0.111. The van der Waals surface area contributed by atoms with Crippen LogP contribution in [-0.4, -0.2) is 25.1 Å². The topological polar surface area (TPSA) is 57.3 Å². The SMILES string of the molecule is CN(C)c1ccc([C@@H]2NC(=O)NC(c3ccccc3)=C2c2ccc3ccccc3n2)cc1. The second-order valence-electron chi connectivity index (χ2n) is 8.06. The van der Waals surface area contributed by atoms with E-state index in [1.165, 1.54) is 0 Å². The summed E-state index contributed by atoms with van der Waals surface area (Å²) in [6.45, 7) is 0. The Balaban J connectivity index is 1.72. The van der Waals surface area contributed by atoms with Crippen LogP contribution in [0.25, 0.3) is 22.2 Å². The Morgan fingerprint density at radius 2 is 1.53 bits per heavy atom. The molecule has 32 heavy (non-hydrogen) atoms. The van der Waals surface area contributed by atoms with E-state index < -0.39 is 0 Å². The Labute approximate surface area is 187 Å². The summed E-state index contributed by atoms with van der Waals surface area (Å²) in [5, 5.41) is 7.24. The number of pyridine rings is 1. The average molecular weight is 421 g/mol. The molecule has 0 spiro atoms. The predicted molar refractivity (Wildman–Crippen MR) is 130 cm³/mol. The second-order valence-corrected chi connectivity index (χ2v) is 8.06. The highest BCUT2D eigenvalue weighted by Crippen LogP contribution is 2.38. The number of fused-ring (bicyclic) bond motifs is 1. The zero-order valence-corrected chi connectivity index (χ0v) is 18.0. The summed E-state index contributed by atoms with van der Waals surface area (Å²) in [6, 6.07) is 29.8. The van der Waals surface area contributed by atoms with Crippen LogP contribution in [0.3, 0.4) is 0 Å². The Morgan fingerprint density at radius 3 is 2.28 bits per heavy atom. The van der Waals surface area contributed by atoms with Crippen LogP contribution in [0, 0.1) is 0 Å². The average Bonchev–Trinajstić information content (AvgIpc) is 2.84. The molecule has 4 aromatic rings. The summed E-state index contributed by atoms with van der Waals surface area (Å²) in [5.74, 6) is 0. The van der Waals surface area contributed by atoms with Crippen LogP contribution in [0.5, 0.6) is 0 Å². The molecule has 5 rings (SSSR count). The van der Waals surface area contributed by atoms with Crippen molar-refractivity contribution in [3.05, 3.63) is 108 Å². The number of hydrogen-bond donors (Lipinski definition) is 2. The van der Waals surface area contributed by atoms with Crippen LogP contribution in [0.4, 0.5) is 10.5 Å². The van der Waals surface area contributed by atoms with Crippen molar-refractivity contribution >= 4 is 33.9 Å². The number of para-hydroxylation sites is 1. The summed E-state index contributed by atoms with van der Waals surface area (Å²) in [6.07, 6.45) is 0. The summed E-state index contributed by atoms with van der Waals surface area (Å²) in [5.41, 5.74) is 6.52. The van der Waals surface area contributed by atoms with Gasteiger partial charge in [-0.05, 0) is 35.4 Å². The molecule has 1 aliphatic heterocycles. The Hall–Kier alpha value is -4.12. The summed E-state index contributed by atoms with van der Waals surface area (Å²) < 4.78 is 0. The lowest BCUT2D eigenvalue weighted by Gasteiger charge is -2.31. The number of hydrogen-bond acceptors (Lipinski definition) is 3. The van der Waals surface area contributed by atoms with Crippen molar-refractivity contribution in [2.45, 2.75) is 6.04 Å². The number of urea groups is 1. The molecule has 1 aromatic heterocycles. The summed E-state index contributed by atoms with van der Waals surface area (Å²) in [4.78, 5) is 19.7. The van der Waals surface area contributed by atoms with Crippen LogP contribution in [0.1, 0.15) is 22.9 Å². The minimum atomic E-state index is -0.330. The Kier molecular flexibility index (Phi) is 5.07. The first kappa shape index (κ1) is 19.8. The van der Waals surface area contributed by atoms with Gasteiger partial charge in [-0.25, -0.2) is 9.78 Å². The fourth-order valence-electron chi connectivity index (χ4n) is 4.10. The van der Waals surface area contributed by atoms with Crippen molar-refractivity contribution in [1.82, 2.24) is 15.6 Å². The number of anilines is 1. The van der Waals surface area contributed by atoms with Gasteiger partial charge >= 0.3 is 6.03 Å². The largest absolute Gasteiger partial charge is 0.378 e. The summed E-state index contributed by atoms with van der Waals surface area (Å²) >= 11 is 0. The van der Waals surface area contributed by atoms with E-state index >= 15 is 0 Å². The lowest BCUT2D eigenvalue weighted by molar-refractivity contribution is 0.242. The molecule has 0 saturated carbocycles. The van der Waals surface area contributed by atoms with Gasteiger partial charge in [-0.1, -0.05) is 66.7 Å². The predicted octanol–water partition coefficient (Wildman–Crippen LogP) is 5.22. The van der Waals surface area contributed by atoms with Gasteiger partial charge in [-0.3, -0.25) is 0 Å². The monoisotopic (exact) mass is 420 g/mol. The highest BCUT2D eigenvalue weighted by molar-refractivity contribution is 6.03. The highest BCUT2D eigenvalue weighted by atomic mass is 16.2. The lowest BCUT2D eigenvalue weighted by Crippen LogP contribution is -2.43. The fourth-order valence-corrected chi connectivity index (χ4v) is 4.10. The standard InChI is InChI=1S/C27H24N4O/c1-31(2)21-15-12-20(13-16-21)26-24(23-17-14-18-8-6-7-11-22(18)28-23)25(29-27(32)30-26)19-9-4-3-5-10-19/h3-17,26H,1-2H3,(H2,29,30,32)/t26-/m0/s1. The molecular formula is C27H24N4O. The van der Waals surface area contributed by atoms with Gasteiger partial charge in [0.25, 0.3) is 0 Å². The van der Waals surface area contributed by atoms with Crippen molar-refractivity contribution in [3.63, 3.8) is 0 Å². The Morgan fingerprint density at radius 1 is 0.812 bits per heavy atom. The maximum Gasteiger partial charge on any atom is 0.320 e. The smallest absolute Gasteiger partial charge is 0.320 e. The Bertz CT molecular complexity index is 1310. The molecule has 1 atom stereocenters. The van der Waals surface area contributed by atoms with Crippen molar-refractivity contribution in [2.75, 3.05) is 19.0 Å². The molecule has 2 heterocycles. The van der Waals surface area contributed by atoms with Gasteiger partial charge in [-0.2, -0.15) is 0 Å². The van der Waals surface area contributed by atoms with Gasteiger partial charge in [0.2, 0.25) is 0 Å². The van der Waals surface area contributed by atoms with Gasteiger partial charge in [0.05, 0.1) is 22.9 Å². The third-order valence-corrected chi connectivity index (χ3v) is 5.75. The number of carbonyl (C=O) groups is 1. The summed E-state index contributed by atoms with van der Waals surface area (Å²) in [7, 11) is 4.03. The minimum Gasteiger partial charge on any atom is -0.378 e. The molecule has 5 heteroatoms. The number of nitrogens with zero attached hydrogens (tertiary/aromatic N) is 2. The van der Waals surface area contributed by atoms with E-state index in [-0.39, 0.29) is 12.1 Å².